The lowest BCUT2D eigenvalue weighted by Gasteiger charge is -2.13. The highest BCUT2D eigenvalue weighted by Crippen LogP contribution is 2.35. The number of fused-ring (bicyclic) bond motifs is 3. The molecule has 0 amide bonds. The van der Waals surface area contributed by atoms with Crippen LogP contribution in [-0.4, -0.2) is 28.7 Å². The third-order valence-corrected chi connectivity index (χ3v) is 6.71. The number of para-hydroxylation sites is 1. The molecule has 0 saturated heterocycles. The highest BCUT2D eigenvalue weighted by atomic mass is 32.1. The zero-order valence-corrected chi connectivity index (χ0v) is 20.0. The molecule has 7 aromatic rings. The van der Waals surface area contributed by atoms with Crippen LogP contribution in [0.2, 0.25) is 0 Å². The summed E-state index contributed by atoms with van der Waals surface area (Å²) >= 11 is 4.54. The van der Waals surface area contributed by atoms with Crippen molar-refractivity contribution in [2.24, 2.45) is 0 Å². The van der Waals surface area contributed by atoms with E-state index in [2.05, 4.69) is 93.9 Å². The first-order chi connectivity index (χ1) is 17.7. The van der Waals surface area contributed by atoms with Crippen molar-refractivity contribution >= 4 is 34.4 Å². The molecule has 0 aliphatic rings. The monoisotopic (exact) mass is 484 g/mol. The van der Waals surface area contributed by atoms with E-state index in [9.17, 15) is 0 Å². The van der Waals surface area contributed by atoms with Gasteiger partial charge in [-0.1, -0.05) is 36.4 Å². The normalized spacial score (nSPS) is 11.5. The smallest absolute Gasteiger partial charge is 0.142 e. The predicted molar refractivity (Wildman–Crippen MR) is 146 cm³/mol. The highest BCUT2D eigenvalue weighted by Gasteiger charge is 2.16. The van der Waals surface area contributed by atoms with E-state index < -0.39 is 0 Å². The Morgan fingerprint density at radius 2 is 1.31 bits per heavy atom. The lowest BCUT2D eigenvalue weighted by atomic mass is 10.0. The third kappa shape index (κ3) is 3.40. The Kier molecular flexibility index (Phi) is 4.75. The summed E-state index contributed by atoms with van der Waals surface area (Å²) < 4.78 is 6.13. The number of imidazole rings is 2. The Labute approximate surface area is 212 Å². The molecule has 0 aliphatic heterocycles. The molecule has 6 nitrogen and oxygen atoms in total. The number of benzene rings is 3. The average Bonchev–Trinajstić information content (AvgIpc) is 3.69. The van der Waals surface area contributed by atoms with Crippen molar-refractivity contribution in [2.45, 2.75) is 4.90 Å². The van der Waals surface area contributed by atoms with Crippen LogP contribution < -0.4 is 0 Å². The Morgan fingerprint density at radius 3 is 2.00 bits per heavy atom. The van der Waals surface area contributed by atoms with Crippen molar-refractivity contribution in [2.75, 3.05) is 0 Å². The van der Waals surface area contributed by atoms with Crippen molar-refractivity contribution in [3.8, 4) is 28.5 Å². The van der Waals surface area contributed by atoms with Crippen LogP contribution in [0.4, 0.5) is 0 Å². The topological polar surface area (TPSA) is 53.5 Å². The maximum Gasteiger partial charge on any atom is 0.142 e. The number of thiol groups is 1. The van der Waals surface area contributed by atoms with Gasteiger partial charge >= 0.3 is 0 Å². The second-order valence-corrected chi connectivity index (χ2v) is 9.13. The minimum Gasteiger partial charge on any atom is -0.309 e. The predicted octanol–water partition coefficient (Wildman–Crippen LogP) is 6.51. The number of nitrogens with zero attached hydrogens (tertiary/aromatic N) is 6. The number of pyridine rings is 1. The van der Waals surface area contributed by atoms with Crippen LogP contribution in [0.5, 0.6) is 0 Å². The van der Waals surface area contributed by atoms with Gasteiger partial charge in [-0.3, -0.25) is 9.13 Å². The van der Waals surface area contributed by atoms with Crippen LogP contribution in [0.3, 0.4) is 0 Å². The van der Waals surface area contributed by atoms with Gasteiger partial charge in [-0.05, 0) is 41.5 Å². The molecule has 0 spiro atoms. The second-order valence-electron chi connectivity index (χ2n) is 8.62. The average molecular weight is 485 g/mol. The summed E-state index contributed by atoms with van der Waals surface area (Å²) in [5.74, 6) is 1.56. The summed E-state index contributed by atoms with van der Waals surface area (Å²) in [5, 5.41) is 2.39. The van der Waals surface area contributed by atoms with Crippen molar-refractivity contribution in [3.63, 3.8) is 0 Å². The molecule has 7 rings (SSSR count). The SMILES string of the molecule is Sc1cccc(-c2ccc3c(c2)c2ccccc2n3-c2cc(-n3ccnc3)nc(-n3ccnc3)c2)c1. The fourth-order valence-corrected chi connectivity index (χ4v) is 5.01. The fourth-order valence-electron chi connectivity index (χ4n) is 4.79. The number of rotatable bonds is 4. The van der Waals surface area contributed by atoms with Gasteiger partial charge in [0.05, 0.1) is 16.7 Å². The molecule has 0 radical (unpaired) electrons. The largest absolute Gasteiger partial charge is 0.309 e. The van der Waals surface area contributed by atoms with Gasteiger partial charge in [0.15, 0.2) is 0 Å². The minimum absolute atomic E-state index is 0.779. The van der Waals surface area contributed by atoms with E-state index in [1.807, 2.05) is 33.7 Å². The number of hydrogen-bond donors (Lipinski definition) is 1. The van der Waals surface area contributed by atoms with Gasteiger partial charge in [-0.15, -0.1) is 12.6 Å². The van der Waals surface area contributed by atoms with Crippen LogP contribution in [0, 0.1) is 0 Å². The molecule has 36 heavy (non-hydrogen) atoms. The van der Waals surface area contributed by atoms with Crippen molar-refractivity contribution < 1.29 is 0 Å². The van der Waals surface area contributed by atoms with E-state index in [1.165, 1.54) is 10.8 Å². The maximum absolute atomic E-state index is 4.88. The van der Waals surface area contributed by atoms with Crippen LogP contribution in [-0.2, 0) is 0 Å². The molecule has 4 heterocycles. The van der Waals surface area contributed by atoms with Crippen LogP contribution in [0.25, 0.3) is 50.3 Å². The molecule has 172 valence electrons. The Morgan fingerprint density at radius 1 is 0.611 bits per heavy atom. The molecule has 7 heteroatoms. The Bertz CT molecular complexity index is 1800. The highest BCUT2D eigenvalue weighted by molar-refractivity contribution is 7.80. The van der Waals surface area contributed by atoms with Gasteiger partial charge in [0.2, 0.25) is 0 Å². The van der Waals surface area contributed by atoms with Gasteiger partial charge in [-0.25, -0.2) is 15.0 Å². The first-order valence-electron chi connectivity index (χ1n) is 11.6. The van der Waals surface area contributed by atoms with E-state index in [0.717, 1.165) is 44.4 Å². The van der Waals surface area contributed by atoms with E-state index in [0.29, 0.717) is 0 Å². The Balaban J connectivity index is 1.51. The maximum atomic E-state index is 4.88. The minimum atomic E-state index is 0.779. The summed E-state index contributed by atoms with van der Waals surface area (Å²) in [5.41, 5.74) is 5.58. The van der Waals surface area contributed by atoms with Gasteiger partial charge in [0, 0.05) is 52.6 Å². The van der Waals surface area contributed by atoms with E-state index in [1.54, 1.807) is 25.0 Å². The van der Waals surface area contributed by atoms with Crippen molar-refractivity contribution in [3.05, 3.63) is 116 Å². The van der Waals surface area contributed by atoms with Gasteiger partial charge in [0.25, 0.3) is 0 Å². The molecular formula is C29H20N6S. The van der Waals surface area contributed by atoms with Crippen LogP contribution >= 0.6 is 12.6 Å². The quantitative estimate of drug-likeness (QED) is 0.290. The fraction of sp³-hybridized carbons (Fsp3) is 0. The molecule has 3 aromatic carbocycles. The van der Waals surface area contributed by atoms with Crippen LogP contribution in [0.15, 0.2) is 121 Å². The lowest BCUT2D eigenvalue weighted by Crippen LogP contribution is -2.04. The molecule has 0 unspecified atom stereocenters. The van der Waals surface area contributed by atoms with Crippen molar-refractivity contribution in [1.82, 2.24) is 28.7 Å². The molecule has 0 bridgehead atoms. The van der Waals surface area contributed by atoms with E-state index >= 15 is 0 Å². The number of aromatic nitrogens is 6. The zero-order valence-electron chi connectivity index (χ0n) is 19.1. The molecule has 0 N–H and O–H groups in total. The third-order valence-electron chi connectivity index (χ3n) is 6.43. The van der Waals surface area contributed by atoms with Gasteiger partial charge in [0.1, 0.15) is 24.3 Å². The molecule has 0 fully saturated rings. The standard InChI is InChI=1S/C29H20N6S/c36-23-5-3-4-20(14-23)21-8-9-27-25(15-21)24-6-1-2-7-26(24)35(27)22-16-28(33-12-10-30-18-33)32-29(17-22)34-13-11-31-19-34/h1-19,36H. The molecule has 4 aromatic heterocycles. The summed E-state index contributed by atoms with van der Waals surface area (Å²) in [7, 11) is 0. The summed E-state index contributed by atoms with van der Waals surface area (Å²) in [6.45, 7) is 0. The molecule has 0 saturated carbocycles. The number of hydrogen-bond acceptors (Lipinski definition) is 4. The summed E-state index contributed by atoms with van der Waals surface area (Å²) in [6.07, 6.45) is 10.8. The summed E-state index contributed by atoms with van der Waals surface area (Å²) in [6, 6.07) is 27.6. The van der Waals surface area contributed by atoms with Gasteiger partial charge < -0.3 is 4.57 Å². The zero-order chi connectivity index (χ0) is 24.1. The first-order valence-corrected chi connectivity index (χ1v) is 12.0. The molecule has 0 atom stereocenters. The van der Waals surface area contributed by atoms with E-state index in [-0.39, 0.29) is 0 Å². The molecule has 0 aliphatic carbocycles. The Hall–Kier alpha value is -4.62. The van der Waals surface area contributed by atoms with Crippen molar-refractivity contribution in [1.29, 1.82) is 0 Å². The lowest BCUT2D eigenvalue weighted by molar-refractivity contribution is 0.926. The van der Waals surface area contributed by atoms with Crippen LogP contribution in [0.1, 0.15) is 0 Å². The van der Waals surface area contributed by atoms with Gasteiger partial charge in [-0.2, -0.15) is 0 Å². The van der Waals surface area contributed by atoms with E-state index in [4.69, 9.17) is 4.98 Å². The molecular weight excluding hydrogens is 464 g/mol. The summed E-state index contributed by atoms with van der Waals surface area (Å²) in [4.78, 5) is 14.3. The second kappa shape index (κ2) is 8.25. The first kappa shape index (κ1) is 20.7.